The van der Waals surface area contributed by atoms with Crippen LogP contribution < -0.4 is 10.6 Å². The maximum absolute atomic E-state index is 13.7. The van der Waals surface area contributed by atoms with Gasteiger partial charge in [0.05, 0.1) is 52.8 Å². The molecule has 2 N–H and O–H groups in total. The molecule has 0 saturated carbocycles. The third-order valence-electron chi connectivity index (χ3n) is 6.06. The zero-order chi connectivity index (χ0) is 27.4. The lowest BCUT2D eigenvalue weighted by Crippen LogP contribution is -2.41. The third-order valence-corrected chi connectivity index (χ3v) is 7.88. The van der Waals surface area contributed by atoms with Crippen molar-refractivity contribution in [2.45, 2.75) is 15.7 Å². The quantitative estimate of drug-likeness (QED) is 0.476. The molecule has 1 aliphatic rings. The van der Waals surface area contributed by atoms with Crippen molar-refractivity contribution in [1.82, 2.24) is 0 Å². The van der Waals surface area contributed by atoms with Crippen LogP contribution in [0.3, 0.4) is 0 Å². The van der Waals surface area contributed by atoms with Crippen molar-refractivity contribution in [2.24, 2.45) is 5.73 Å². The van der Waals surface area contributed by atoms with Gasteiger partial charge >= 0.3 is 11.9 Å². The number of methoxy groups -OCH3 is 2. The number of hydrogen-bond acceptors (Lipinski definition) is 9. The molecule has 0 aliphatic carbocycles. The van der Waals surface area contributed by atoms with Crippen LogP contribution in [0.2, 0.25) is 0 Å². The van der Waals surface area contributed by atoms with Crippen LogP contribution in [0, 0.1) is 11.3 Å². The molecule has 1 atom stereocenters. The number of para-hydroxylation sites is 1. The number of rotatable bonds is 6. The van der Waals surface area contributed by atoms with Crippen molar-refractivity contribution in [3.8, 4) is 6.07 Å². The molecule has 1 aliphatic heterocycles. The Hall–Kier alpha value is -4.88. The maximum Gasteiger partial charge on any atom is 0.355 e. The zero-order valence-corrected chi connectivity index (χ0v) is 21.3. The van der Waals surface area contributed by atoms with Crippen LogP contribution in [-0.2, 0) is 28.9 Å². The number of anilines is 1. The predicted molar refractivity (Wildman–Crippen MR) is 138 cm³/mol. The van der Waals surface area contributed by atoms with Gasteiger partial charge in [0, 0.05) is 0 Å². The fraction of sp³-hybridized carbons (Fsp3) is 0.107. The minimum absolute atomic E-state index is 0.00599. The Morgan fingerprint density at radius 1 is 0.868 bits per heavy atom. The van der Waals surface area contributed by atoms with Crippen LogP contribution >= 0.6 is 0 Å². The van der Waals surface area contributed by atoms with E-state index >= 15 is 0 Å². The van der Waals surface area contributed by atoms with E-state index in [9.17, 15) is 23.3 Å². The second-order valence-corrected chi connectivity index (χ2v) is 10.0. The van der Waals surface area contributed by atoms with Crippen LogP contribution in [-0.4, -0.2) is 34.6 Å². The highest BCUT2D eigenvalue weighted by Crippen LogP contribution is 2.45. The molecule has 0 fully saturated rings. The van der Waals surface area contributed by atoms with Gasteiger partial charge in [-0.25, -0.2) is 18.0 Å². The number of esters is 2. The average molecular weight is 530 g/mol. The molecule has 0 bridgehead atoms. The van der Waals surface area contributed by atoms with Crippen molar-refractivity contribution in [1.29, 1.82) is 5.26 Å². The second kappa shape index (κ2) is 10.6. The first kappa shape index (κ1) is 26.2. The van der Waals surface area contributed by atoms with Gasteiger partial charge in [0.2, 0.25) is 9.84 Å². The van der Waals surface area contributed by atoms with Gasteiger partial charge in [0.1, 0.15) is 11.5 Å². The number of sulfone groups is 1. The summed E-state index contributed by atoms with van der Waals surface area (Å²) in [6, 6.07) is 24.1. The minimum Gasteiger partial charge on any atom is -0.466 e. The van der Waals surface area contributed by atoms with E-state index in [1.165, 1.54) is 30.3 Å². The van der Waals surface area contributed by atoms with Crippen molar-refractivity contribution in [2.75, 3.05) is 19.1 Å². The first-order chi connectivity index (χ1) is 18.3. The Kier molecular flexibility index (Phi) is 7.32. The van der Waals surface area contributed by atoms with Crippen LogP contribution in [0.25, 0.3) is 0 Å². The monoisotopic (exact) mass is 529 g/mol. The number of hydrogen-bond donors (Lipinski definition) is 1. The van der Waals surface area contributed by atoms with E-state index in [1.54, 1.807) is 54.6 Å². The fourth-order valence-electron chi connectivity index (χ4n) is 4.36. The van der Waals surface area contributed by atoms with Gasteiger partial charge < -0.3 is 15.2 Å². The van der Waals surface area contributed by atoms with Crippen LogP contribution in [0.4, 0.5) is 5.69 Å². The smallest absolute Gasteiger partial charge is 0.355 e. The Morgan fingerprint density at radius 3 is 2.00 bits per heavy atom. The summed E-state index contributed by atoms with van der Waals surface area (Å²) in [5.74, 6) is -3.19. The number of allylic oxidation sites excluding steroid dienone is 1. The first-order valence-electron chi connectivity index (χ1n) is 11.3. The van der Waals surface area contributed by atoms with Crippen molar-refractivity contribution in [3.63, 3.8) is 0 Å². The van der Waals surface area contributed by atoms with Gasteiger partial charge in [0.15, 0.2) is 0 Å². The summed E-state index contributed by atoms with van der Waals surface area (Å²) in [4.78, 5) is 27.4. The van der Waals surface area contributed by atoms with Gasteiger partial charge in [-0.05, 0) is 29.8 Å². The number of nitrogens with two attached hydrogens (primary N) is 1. The summed E-state index contributed by atoms with van der Waals surface area (Å²) < 4.78 is 37.4. The summed E-state index contributed by atoms with van der Waals surface area (Å²) in [7, 11) is -1.87. The van der Waals surface area contributed by atoms with E-state index in [4.69, 9.17) is 15.2 Å². The molecule has 1 heterocycles. The molecule has 0 saturated heterocycles. The van der Waals surface area contributed by atoms with Crippen LogP contribution in [0.15, 0.2) is 117 Å². The molecule has 0 amide bonds. The predicted octanol–water partition coefficient (Wildman–Crippen LogP) is 3.42. The Morgan fingerprint density at radius 2 is 1.42 bits per heavy atom. The van der Waals surface area contributed by atoms with Gasteiger partial charge in [-0.3, -0.25) is 4.90 Å². The van der Waals surface area contributed by atoms with Crippen molar-refractivity contribution < 1.29 is 27.5 Å². The molecular formula is C28H23N3O6S. The molecule has 3 aromatic rings. The van der Waals surface area contributed by atoms with Gasteiger partial charge in [-0.1, -0.05) is 60.7 Å². The molecule has 0 radical (unpaired) electrons. The Bertz CT molecular complexity index is 1610. The third kappa shape index (κ3) is 4.40. The molecule has 10 heteroatoms. The molecular weight excluding hydrogens is 506 g/mol. The Balaban J connectivity index is 2.10. The molecule has 192 valence electrons. The summed E-state index contributed by atoms with van der Waals surface area (Å²) in [5, 5.41) is 10.2. The highest BCUT2D eigenvalue weighted by atomic mass is 32.2. The van der Waals surface area contributed by atoms with E-state index in [1.807, 2.05) is 6.07 Å². The van der Waals surface area contributed by atoms with Crippen molar-refractivity contribution >= 4 is 27.5 Å². The van der Waals surface area contributed by atoms with Crippen LogP contribution in [0.1, 0.15) is 11.5 Å². The van der Waals surface area contributed by atoms with Crippen molar-refractivity contribution in [3.05, 3.63) is 113 Å². The lowest BCUT2D eigenvalue weighted by Gasteiger charge is -2.36. The van der Waals surface area contributed by atoms with E-state index < -0.39 is 27.7 Å². The van der Waals surface area contributed by atoms with Gasteiger partial charge in [-0.2, -0.15) is 5.26 Å². The standard InChI is InChI=1S/C28H23N3O6S/c1-36-27(32)24-23(18-11-5-3-6-12-18)20(17-29)26(30)31(25(24)28(33)37-2)21-15-9-10-16-22(21)38(34,35)19-13-7-4-8-14-19/h3-16,23H,30H2,1-2H3. The number of nitrogens with zero attached hydrogens (tertiary/aromatic N) is 2. The lowest BCUT2D eigenvalue weighted by molar-refractivity contribution is -0.139. The topological polar surface area (TPSA) is 140 Å². The summed E-state index contributed by atoms with van der Waals surface area (Å²) in [5.41, 5.74) is 6.32. The molecule has 38 heavy (non-hydrogen) atoms. The zero-order valence-electron chi connectivity index (χ0n) is 20.5. The number of nitriles is 1. The SMILES string of the molecule is COC(=O)C1=C(C(=O)OC)N(c2ccccc2S(=O)(=O)c2ccccc2)C(N)=C(C#N)C1c1ccccc1. The van der Waals surface area contributed by atoms with E-state index in [-0.39, 0.29) is 38.1 Å². The fourth-order valence-corrected chi connectivity index (χ4v) is 5.82. The normalized spacial score (nSPS) is 15.6. The molecule has 0 aromatic heterocycles. The highest BCUT2D eigenvalue weighted by Gasteiger charge is 2.44. The number of ether oxygens (including phenoxy) is 2. The van der Waals surface area contributed by atoms with E-state index in [2.05, 4.69) is 0 Å². The summed E-state index contributed by atoms with van der Waals surface area (Å²) in [6.45, 7) is 0. The molecule has 3 aromatic carbocycles. The minimum atomic E-state index is -4.13. The van der Waals surface area contributed by atoms with Crippen LogP contribution in [0.5, 0.6) is 0 Å². The van der Waals surface area contributed by atoms with E-state index in [0.717, 1.165) is 19.1 Å². The number of carbonyl (C=O) groups is 2. The summed E-state index contributed by atoms with van der Waals surface area (Å²) in [6.07, 6.45) is 0. The van der Waals surface area contributed by atoms with E-state index in [0.29, 0.717) is 5.56 Å². The largest absolute Gasteiger partial charge is 0.466 e. The Labute approximate surface area is 219 Å². The molecule has 1 unspecified atom stereocenters. The summed E-state index contributed by atoms with van der Waals surface area (Å²) >= 11 is 0. The van der Waals surface area contributed by atoms with Gasteiger partial charge in [0.25, 0.3) is 0 Å². The first-order valence-corrected chi connectivity index (χ1v) is 12.8. The maximum atomic E-state index is 13.7. The number of benzene rings is 3. The lowest BCUT2D eigenvalue weighted by atomic mass is 9.81. The van der Waals surface area contributed by atoms with Gasteiger partial charge in [-0.15, -0.1) is 0 Å². The molecule has 4 rings (SSSR count). The molecule has 9 nitrogen and oxygen atoms in total. The average Bonchev–Trinajstić information content (AvgIpc) is 2.96. The highest BCUT2D eigenvalue weighted by molar-refractivity contribution is 7.91. The molecule has 0 spiro atoms. The number of carbonyl (C=O) groups excluding carboxylic acids is 2. The second-order valence-electron chi connectivity index (χ2n) is 8.12.